The van der Waals surface area contributed by atoms with Gasteiger partial charge in [0.05, 0.1) is 17.8 Å². The number of rotatable bonds is 3. The summed E-state index contributed by atoms with van der Waals surface area (Å²) >= 11 is 6.16. The molecule has 1 aliphatic heterocycles. The standard InChI is InChI=1S/C26H21ClN2O4/c1-15(30)29-14-20-11-17(22-9-7-19(25(31)28-2)13-23(22)26(32)33)5-3-16(20)4-6-18-12-21(27)8-10-24(18)29/h3-13H,14H2,1-2H3,(H,28,31)(H,32,33)/b6-4-. The molecule has 0 saturated heterocycles. The molecule has 0 saturated carbocycles. The van der Waals surface area contributed by atoms with Gasteiger partial charge >= 0.3 is 5.97 Å². The fourth-order valence-corrected chi connectivity index (χ4v) is 4.13. The van der Waals surface area contributed by atoms with E-state index in [2.05, 4.69) is 5.32 Å². The highest BCUT2D eigenvalue weighted by Gasteiger charge is 2.21. The smallest absolute Gasteiger partial charge is 0.336 e. The van der Waals surface area contributed by atoms with Crippen molar-refractivity contribution >= 4 is 47.2 Å². The maximum Gasteiger partial charge on any atom is 0.336 e. The third kappa shape index (κ3) is 4.38. The number of amides is 2. The van der Waals surface area contributed by atoms with Gasteiger partial charge in [-0.1, -0.05) is 42.0 Å². The normalized spacial score (nSPS) is 13.2. The predicted octanol–water partition coefficient (Wildman–Crippen LogP) is 5.10. The Hall–Kier alpha value is -3.90. The van der Waals surface area contributed by atoms with Crippen LogP contribution in [0.25, 0.3) is 23.3 Å². The van der Waals surface area contributed by atoms with Crippen molar-refractivity contribution in [3.05, 3.63) is 87.4 Å². The van der Waals surface area contributed by atoms with Crippen LogP contribution in [-0.4, -0.2) is 29.9 Å². The summed E-state index contributed by atoms with van der Waals surface area (Å²) in [5.41, 5.74) is 4.84. The van der Waals surface area contributed by atoms with Gasteiger partial charge in [-0.05, 0) is 64.2 Å². The van der Waals surface area contributed by atoms with Gasteiger partial charge in [0.25, 0.3) is 5.91 Å². The molecule has 1 heterocycles. The molecule has 0 bridgehead atoms. The summed E-state index contributed by atoms with van der Waals surface area (Å²) in [4.78, 5) is 38.1. The van der Waals surface area contributed by atoms with E-state index in [1.807, 2.05) is 42.5 Å². The lowest BCUT2D eigenvalue weighted by Gasteiger charge is -2.26. The molecule has 166 valence electrons. The van der Waals surface area contributed by atoms with Crippen LogP contribution < -0.4 is 10.2 Å². The lowest BCUT2D eigenvalue weighted by molar-refractivity contribution is -0.116. The van der Waals surface area contributed by atoms with Crippen molar-refractivity contribution in [1.82, 2.24) is 5.32 Å². The number of benzene rings is 3. The Balaban J connectivity index is 1.83. The fraction of sp³-hybridized carbons (Fsp3) is 0.115. The second-order valence-electron chi connectivity index (χ2n) is 7.70. The second kappa shape index (κ2) is 8.92. The topological polar surface area (TPSA) is 86.7 Å². The van der Waals surface area contributed by atoms with Gasteiger partial charge < -0.3 is 15.3 Å². The molecule has 0 aliphatic carbocycles. The van der Waals surface area contributed by atoms with E-state index in [1.165, 1.54) is 20.0 Å². The number of carbonyl (C=O) groups is 3. The fourth-order valence-electron chi connectivity index (χ4n) is 3.95. The SMILES string of the molecule is CNC(=O)c1ccc(-c2ccc3c(c2)CN(C(C)=O)c2ccc(Cl)cc2/C=C\3)c(C(=O)O)c1. The molecule has 3 aromatic carbocycles. The molecule has 1 aliphatic rings. The van der Waals surface area contributed by atoms with Crippen LogP contribution in [0.15, 0.2) is 54.6 Å². The van der Waals surface area contributed by atoms with Gasteiger partial charge in [-0.15, -0.1) is 0 Å². The zero-order valence-corrected chi connectivity index (χ0v) is 18.8. The first-order valence-corrected chi connectivity index (χ1v) is 10.6. The van der Waals surface area contributed by atoms with Crippen molar-refractivity contribution in [3.8, 4) is 11.1 Å². The molecule has 3 aromatic rings. The number of fused-ring (bicyclic) bond motifs is 2. The molecule has 6 nitrogen and oxygen atoms in total. The molecule has 2 N–H and O–H groups in total. The summed E-state index contributed by atoms with van der Waals surface area (Å²) < 4.78 is 0. The number of nitrogens with zero attached hydrogens (tertiary/aromatic N) is 1. The lowest BCUT2D eigenvalue weighted by Crippen LogP contribution is -2.29. The van der Waals surface area contributed by atoms with E-state index in [0.717, 1.165) is 22.4 Å². The first-order valence-electron chi connectivity index (χ1n) is 10.3. The van der Waals surface area contributed by atoms with Crippen LogP contribution in [0.1, 0.15) is 44.3 Å². The predicted molar refractivity (Wildman–Crippen MR) is 129 cm³/mol. The highest BCUT2D eigenvalue weighted by molar-refractivity contribution is 6.31. The van der Waals surface area contributed by atoms with Gasteiger partial charge in [0.15, 0.2) is 0 Å². The number of carboxylic acids is 1. The van der Waals surface area contributed by atoms with Crippen LogP contribution >= 0.6 is 11.6 Å². The van der Waals surface area contributed by atoms with E-state index in [9.17, 15) is 19.5 Å². The van der Waals surface area contributed by atoms with Crippen LogP contribution in [0.5, 0.6) is 0 Å². The maximum atomic E-state index is 12.5. The Kier molecular flexibility index (Phi) is 6.03. The highest BCUT2D eigenvalue weighted by Crippen LogP contribution is 2.33. The third-order valence-electron chi connectivity index (χ3n) is 5.62. The zero-order valence-electron chi connectivity index (χ0n) is 18.1. The van der Waals surface area contributed by atoms with E-state index in [4.69, 9.17) is 11.6 Å². The minimum absolute atomic E-state index is 0.0286. The van der Waals surface area contributed by atoms with Gasteiger partial charge in [0.2, 0.25) is 5.91 Å². The molecule has 0 unspecified atom stereocenters. The molecule has 33 heavy (non-hydrogen) atoms. The number of anilines is 1. The number of aromatic carboxylic acids is 1. The Bertz CT molecular complexity index is 1330. The molecular formula is C26H21ClN2O4. The zero-order chi connectivity index (χ0) is 23.7. The quantitative estimate of drug-likeness (QED) is 0.569. The minimum atomic E-state index is -1.13. The van der Waals surface area contributed by atoms with Gasteiger partial charge in [0, 0.05) is 24.6 Å². The number of carboxylic acid groups (broad SMARTS) is 1. The van der Waals surface area contributed by atoms with Gasteiger partial charge in [-0.25, -0.2) is 4.79 Å². The van der Waals surface area contributed by atoms with Crippen LogP contribution in [-0.2, 0) is 11.3 Å². The molecule has 0 radical (unpaired) electrons. The molecule has 7 heteroatoms. The first kappa shape index (κ1) is 22.3. The van der Waals surface area contributed by atoms with Gasteiger partial charge in [-0.2, -0.15) is 0 Å². The first-order chi connectivity index (χ1) is 15.8. The number of hydrogen-bond donors (Lipinski definition) is 2. The minimum Gasteiger partial charge on any atom is -0.478 e. The van der Waals surface area contributed by atoms with E-state index < -0.39 is 5.97 Å². The average Bonchev–Trinajstić information content (AvgIpc) is 2.79. The Morgan fingerprint density at radius 3 is 2.42 bits per heavy atom. The molecule has 2 amide bonds. The van der Waals surface area contributed by atoms with Crippen molar-refractivity contribution in [3.63, 3.8) is 0 Å². The highest BCUT2D eigenvalue weighted by atomic mass is 35.5. The van der Waals surface area contributed by atoms with E-state index in [-0.39, 0.29) is 22.9 Å². The van der Waals surface area contributed by atoms with Crippen LogP contribution in [0.2, 0.25) is 5.02 Å². The van der Waals surface area contributed by atoms with Crippen LogP contribution in [0.3, 0.4) is 0 Å². The number of hydrogen-bond acceptors (Lipinski definition) is 3. The monoisotopic (exact) mass is 460 g/mol. The average molecular weight is 461 g/mol. The largest absolute Gasteiger partial charge is 0.478 e. The number of halogens is 1. The molecule has 0 fully saturated rings. The summed E-state index contributed by atoms with van der Waals surface area (Å²) in [7, 11) is 1.49. The van der Waals surface area contributed by atoms with Crippen LogP contribution in [0.4, 0.5) is 5.69 Å². The van der Waals surface area contributed by atoms with Crippen molar-refractivity contribution in [2.24, 2.45) is 0 Å². The number of nitrogens with one attached hydrogen (secondary N) is 1. The van der Waals surface area contributed by atoms with Crippen molar-refractivity contribution in [1.29, 1.82) is 0 Å². The Morgan fingerprint density at radius 1 is 0.970 bits per heavy atom. The summed E-state index contributed by atoms with van der Waals surface area (Å²) in [6.07, 6.45) is 3.87. The molecule has 0 spiro atoms. The van der Waals surface area contributed by atoms with Crippen LogP contribution in [0, 0.1) is 0 Å². The maximum absolute atomic E-state index is 12.5. The molecular weight excluding hydrogens is 440 g/mol. The van der Waals surface area contributed by atoms with Crippen molar-refractivity contribution in [2.45, 2.75) is 13.5 Å². The van der Waals surface area contributed by atoms with Gasteiger partial charge in [0.1, 0.15) is 0 Å². The van der Waals surface area contributed by atoms with Gasteiger partial charge in [-0.3, -0.25) is 9.59 Å². The van der Waals surface area contributed by atoms with Crippen molar-refractivity contribution < 1.29 is 19.5 Å². The van der Waals surface area contributed by atoms with E-state index in [0.29, 0.717) is 22.7 Å². The summed E-state index contributed by atoms with van der Waals surface area (Å²) in [6, 6.07) is 15.6. The van der Waals surface area contributed by atoms with E-state index in [1.54, 1.807) is 23.1 Å². The second-order valence-corrected chi connectivity index (χ2v) is 8.14. The third-order valence-corrected chi connectivity index (χ3v) is 5.86. The van der Waals surface area contributed by atoms with Crippen molar-refractivity contribution in [2.75, 3.05) is 11.9 Å². The van der Waals surface area contributed by atoms with E-state index >= 15 is 0 Å². The molecule has 0 aromatic heterocycles. The summed E-state index contributed by atoms with van der Waals surface area (Å²) in [5.74, 6) is -1.60. The Labute approximate surface area is 196 Å². The number of carbonyl (C=O) groups excluding carboxylic acids is 2. The molecule has 0 atom stereocenters. The molecule has 4 rings (SSSR count). The Morgan fingerprint density at radius 2 is 1.73 bits per heavy atom. The summed E-state index contributed by atoms with van der Waals surface area (Å²) in [5, 5.41) is 12.9. The summed E-state index contributed by atoms with van der Waals surface area (Å²) in [6.45, 7) is 1.82. The lowest BCUT2D eigenvalue weighted by atomic mass is 9.93.